The molecule has 0 unspecified atom stereocenters. The molecule has 0 saturated heterocycles. The predicted octanol–water partition coefficient (Wildman–Crippen LogP) is 1.59. The Kier molecular flexibility index (Phi) is 4.04. The third kappa shape index (κ3) is 3.41. The van der Waals surface area contributed by atoms with Gasteiger partial charge in [0.1, 0.15) is 0 Å². The van der Waals surface area contributed by atoms with E-state index in [4.69, 9.17) is 5.14 Å². The quantitative estimate of drug-likeness (QED) is 0.508. The van der Waals surface area contributed by atoms with Crippen molar-refractivity contribution in [3.63, 3.8) is 0 Å². The first-order valence-electron chi connectivity index (χ1n) is 5.02. The van der Waals surface area contributed by atoms with Crippen LogP contribution in [0, 0.1) is 10.1 Å². The second-order valence-corrected chi connectivity index (χ2v) is 7.34. The van der Waals surface area contributed by atoms with E-state index < -0.39 is 14.9 Å². The number of primary sulfonamides is 1. The molecule has 2 aromatic rings. The molecular weight excluding hydrogens is 310 g/mol. The van der Waals surface area contributed by atoms with Crippen LogP contribution in [0.4, 0.5) is 5.69 Å². The Morgan fingerprint density at radius 2 is 2.21 bits per heavy atom. The number of nitro benzene ring substituents is 1. The predicted molar refractivity (Wildman–Crippen MR) is 75.0 cm³/mol. The molecule has 1 aromatic carbocycles. The highest BCUT2D eigenvalue weighted by Gasteiger charge is 2.21. The van der Waals surface area contributed by atoms with E-state index >= 15 is 0 Å². The van der Waals surface area contributed by atoms with Crippen molar-refractivity contribution in [1.29, 1.82) is 0 Å². The van der Waals surface area contributed by atoms with Gasteiger partial charge in [-0.3, -0.25) is 10.1 Å². The average Bonchev–Trinajstić information content (AvgIpc) is 2.74. The lowest BCUT2D eigenvalue weighted by atomic mass is 10.3. The SMILES string of the molecule is NS(=O)(=O)CCSc1ccc2scnc2c1[N+](=O)[O-]. The molecule has 0 atom stereocenters. The molecule has 102 valence electrons. The molecule has 0 bridgehead atoms. The van der Waals surface area contributed by atoms with E-state index in [0.29, 0.717) is 10.4 Å². The van der Waals surface area contributed by atoms with Gasteiger partial charge in [0.25, 0.3) is 0 Å². The monoisotopic (exact) mass is 319 g/mol. The molecule has 0 radical (unpaired) electrons. The van der Waals surface area contributed by atoms with E-state index in [-0.39, 0.29) is 17.2 Å². The van der Waals surface area contributed by atoms with E-state index in [1.165, 1.54) is 16.8 Å². The highest BCUT2D eigenvalue weighted by molar-refractivity contribution is 8.00. The van der Waals surface area contributed by atoms with Crippen LogP contribution in [0.1, 0.15) is 0 Å². The van der Waals surface area contributed by atoms with Gasteiger partial charge in [-0.15, -0.1) is 23.1 Å². The van der Waals surface area contributed by atoms with Gasteiger partial charge in [0, 0.05) is 5.75 Å². The Balaban J connectivity index is 2.32. The van der Waals surface area contributed by atoms with Gasteiger partial charge < -0.3 is 0 Å². The lowest BCUT2D eigenvalue weighted by Gasteiger charge is -2.02. The van der Waals surface area contributed by atoms with Crippen molar-refractivity contribution < 1.29 is 13.3 Å². The van der Waals surface area contributed by atoms with E-state index in [0.717, 1.165) is 16.5 Å². The molecule has 0 aliphatic rings. The standard InChI is InChI=1S/C9H9N3O4S3/c10-19(15,16)4-3-17-7-2-1-6-8(11-5-18-6)9(7)12(13)14/h1-2,5H,3-4H2,(H2,10,15,16). The molecule has 0 amide bonds. The number of hydrogen-bond acceptors (Lipinski definition) is 7. The van der Waals surface area contributed by atoms with E-state index in [2.05, 4.69) is 4.98 Å². The highest BCUT2D eigenvalue weighted by Crippen LogP contribution is 2.36. The van der Waals surface area contributed by atoms with Crippen LogP contribution in [0.15, 0.2) is 22.5 Å². The molecular formula is C9H9N3O4S3. The largest absolute Gasteiger partial charge is 0.309 e. The van der Waals surface area contributed by atoms with Gasteiger partial charge in [-0.1, -0.05) is 0 Å². The maximum Gasteiger partial charge on any atom is 0.309 e. The smallest absolute Gasteiger partial charge is 0.258 e. The molecule has 7 nitrogen and oxygen atoms in total. The molecule has 19 heavy (non-hydrogen) atoms. The Labute approximate surface area is 117 Å². The first kappa shape index (κ1) is 14.2. The summed E-state index contributed by atoms with van der Waals surface area (Å²) in [6, 6.07) is 3.34. The summed E-state index contributed by atoms with van der Waals surface area (Å²) >= 11 is 2.40. The summed E-state index contributed by atoms with van der Waals surface area (Å²) in [5.41, 5.74) is 1.78. The Morgan fingerprint density at radius 3 is 2.84 bits per heavy atom. The van der Waals surface area contributed by atoms with Crippen LogP contribution in [0.5, 0.6) is 0 Å². The lowest BCUT2D eigenvalue weighted by molar-refractivity contribution is -0.386. The third-order valence-electron chi connectivity index (χ3n) is 2.25. The second-order valence-electron chi connectivity index (χ2n) is 3.58. The summed E-state index contributed by atoms with van der Waals surface area (Å²) in [7, 11) is -3.56. The third-order valence-corrected chi connectivity index (χ3v) is 5.12. The minimum Gasteiger partial charge on any atom is -0.258 e. The molecule has 0 aliphatic heterocycles. The number of nitrogens with zero attached hydrogens (tertiary/aromatic N) is 2. The molecule has 0 fully saturated rings. The van der Waals surface area contributed by atoms with Crippen molar-refractivity contribution in [2.45, 2.75) is 4.90 Å². The van der Waals surface area contributed by atoms with Gasteiger partial charge in [0.15, 0.2) is 5.52 Å². The zero-order valence-corrected chi connectivity index (χ0v) is 11.9. The first-order chi connectivity index (χ1) is 8.88. The Morgan fingerprint density at radius 1 is 1.47 bits per heavy atom. The fourth-order valence-electron chi connectivity index (χ4n) is 1.46. The summed E-state index contributed by atoms with van der Waals surface area (Å²) in [6.45, 7) is 0. The van der Waals surface area contributed by atoms with Gasteiger partial charge in [0.2, 0.25) is 10.0 Å². The number of thiazole rings is 1. The zero-order valence-electron chi connectivity index (χ0n) is 9.48. The number of hydrogen-bond donors (Lipinski definition) is 1. The molecule has 1 aromatic heterocycles. The molecule has 1 heterocycles. The summed E-state index contributed by atoms with van der Waals surface area (Å²) < 4.78 is 22.4. The van der Waals surface area contributed by atoms with Gasteiger partial charge in [-0.25, -0.2) is 18.5 Å². The normalized spacial score (nSPS) is 11.8. The first-order valence-corrected chi connectivity index (χ1v) is 8.60. The van der Waals surface area contributed by atoms with E-state index in [1.807, 2.05) is 0 Å². The number of fused-ring (bicyclic) bond motifs is 1. The van der Waals surface area contributed by atoms with Crippen molar-refractivity contribution >= 4 is 49.0 Å². The Bertz CT molecular complexity index is 725. The van der Waals surface area contributed by atoms with Gasteiger partial charge in [0.05, 0.1) is 25.8 Å². The van der Waals surface area contributed by atoms with Gasteiger partial charge in [-0.2, -0.15) is 0 Å². The van der Waals surface area contributed by atoms with Crippen LogP contribution in [0.3, 0.4) is 0 Å². The second kappa shape index (κ2) is 5.41. The molecule has 0 saturated carbocycles. The van der Waals surface area contributed by atoms with Crippen LogP contribution in [0.2, 0.25) is 0 Å². The minimum atomic E-state index is -3.56. The highest BCUT2D eigenvalue weighted by atomic mass is 32.2. The van der Waals surface area contributed by atoms with Crippen molar-refractivity contribution in [2.24, 2.45) is 5.14 Å². The fraction of sp³-hybridized carbons (Fsp3) is 0.222. The molecule has 0 spiro atoms. The molecule has 2 N–H and O–H groups in total. The van der Waals surface area contributed by atoms with Crippen LogP contribution in [-0.2, 0) is 10.0 Å². The van der Waals surface area contributed by atoms with E-state index in [9.17, 15) is 18.5 Å². The van der Waals surface area contributed by atoms with Crippen LogP contribution in [-0.4, -0.2) is 29.8 Å². The number of benzene rings is 1. The van der Waals surface area contributed by atoms with Crippen molar-refractivity contribution in [2.75, 3.05) is 11.5 Å². The number of rotatable bonds is 5. The number of sulfonamides is 1. The van der Waals surface area contributed by atoms with Crippen molar-refractivity contribution in [1.82, 2.24) is 4.98 Å². The summed E-state index contributed by atoms with van der Waals surface area (Å²) in [4.78, 5) is 15.0. The Hall–Kier alpha value is -1.23. The van der Waals surface area contributed by atoms with E-state index in [1.54, 1.807) is 12.1 Å². The summed E-state index contributed by atoms with van der Waals surface area (Å²) in [6.07, 6.45) is 0. The van der Waals surface area contributed by atoms with Gasteiger partial charge >= 0.3 is 5.69 Å². The summed E-state index contributed by atoms with van der Waals surface area (Å²) in [5.74, 6) is -0.0702. The fourth-order valence-corrected chi connectivity index (χ4v) is 4.09. The average molecular weight is 319 g/mol. The van der Waals surface area contributed by atoms with Crippen LogP contribution >= 0.6 is 23.1 Å². The molecule has 10 heteroatoms. The maximum absolute atomic E-state index is 11.1. The van der Waals surface area contributed by atoms with Crippen molar-refractivity contribution in [3.8, 4) is 0 Å². The number of thioether (sulfide) groups is 1. The lowest BCUT2D eigenvalue weighted by Crippen LogP contribution is -2.17. The van der Waals surface area contributed by atoms with Gasteiger partial charge in [-0.05, 0) is 12.1 Å². The minimum absolute atomic E-state index is 0.0850. The molecule has 0 aliphatic carbocycles. The van der Waals surface area contributed by atoms with Crippen molar-refractivity contribution in [3.05, 3.63) is 27.8 Å². The maximum atomic E-state index is 11.1. The topological polar surface area (TPSA) is 116 Å². The summed E-state index contributed by atoms with van der Waals surface area (Å²) in [5, 5.41) is 16.0. The zero-order chi connectivity index (χ0) is 14.0. The number of nitro groups is 1. The van der Waals surface area contributed by atoms with Crippen LogP contribution in [0.25, 0.3) is 10.2 Å². The number of aromatic nitrogens is 1. The van der Waals surface area contributed by atoms with Crippen LogP contribution < -0.4 is 5.14 Å². The molecule has 2 rings (SSSR count). The number of nitrogens with two attached hydrogens (primary N) is 1.